The maximum atomic E-state index is 13.6. The summed E-state index contributed by atoms with van der Waals surface area (Å²) in [6, 6.07) is 10.3. The fourth-order valence-corrected chi connectivity index (χ4v) is 6.44. The molecule has 3 aliphatic heterocycles. The van der Waals surface area contributed by atoms with E-state index in [1.165, 1.54) is 18.5 Å². The van der Waals surface area contributed by atoms with E-state index in [1.54, 1.807) is 0 Å². The molecule has 0 amide bonds. The van der Waals surface area contributed by atoms with Crippen molar-refractivity contribution >= 4 is 11.6 Å². The Morgan fingerprint density at radius 3 is 2.18 bits per heavy atom. The lowest BCUT2D eigenvalue weighted by atomic mass is 9.95. The molecule has 1 aromatic heterocycles. The van der Waals surface area contributed by atoms with E-state index >= 15 is 0 Å². The van der Waals surface area contributed by atoms with E-state index in [1.807, 2.05) is 6.07 Å². The number of piperidine rings is 1. The number of hydrogen-bond donors (Lipinski definition) is 4. The number of alkyl halides is 3. The maximum Gasteiger partial charge on any atom is 0.433 e. The number of halogens is 3. The third-order valence-electron chi connectivity index (χ3n) is 9.21. The predicted octanol–water partition coefficient (Wildman–Crippen LogP) is 1.30. The third kappa shape index (κ3) is 11.3. The quantitative estimate of drug-likeness (QED) is 0.187. The second-order valence-corrected chi connectivity index (χ2v) is 12.7. The largest absolute Gasteiger partial charge is 0.475 e. The van der Waals surface area contributed by atoms with Gasteiger partial charge in [-0.3, -0.25) is 4.90 Å². The Hall–Kier alpha value is -2.83. The Bertz CT molecular complexity index is 1250. The van der Waals surface area contributed by atoms with Crippen molar-refractivity contribution < 1.29 is 42.3 Å². The number of anilines is 2. The van der Waals surface area contributed by atoms with Crippen LogP contribution in [0, 0.1) is 5.92 Å². The molecule has 0 spiro atoms. The number of piperazine rings is 1. The second-order valence-electron chi connectivity index (χ2n) is 12.7. The zero-order valence-electron chi connectivity index (χ0n) is 27.8. The second kappa shape index (κ2) is 18.4. The molecule has 5 rings (SSSR count). The van der Waals surface area contributed by atoms with Gasteiger partial charge in [0.2, 0.25) is 11.8 Å². The summed E-state index contributed by atoms with van der Waals surface area (Å²) < 4.78 is 62.6. The number of hydrogen-bond acceptors (Lipinski definition) is 13. The van der Waals surface area contributed by atoms with Gasteiger partial charge in [-0.15, -0.1) is 0 Å². The summed E-state index contributed by atoms with van der Waals surface area (Å²) in [4.78, 5) is 14.8. The monoisotopic (exact) mass is 697 g/mol. The average molecular weight is 698 g/mol. The van der Waals surface area contributed by atoms with Crippen LogP contribution in [-0.4, -0.2) is 153 Å². The van der Waals surface area contributed by atoms with Gasteiger partial charge in [0.05, 0.1) is 45.2 Å². The van der Waals surface area contributed by atoms with Crippen LogP contribution < -0.4 is 20.7 Å². The minimum absolute atomic E-state index is 0.0530. The zero-order chi connectivity index (χ0) is 34.6. The van der Waals surface area contributed by atoms with Gasteiger partial charge >= 0.3 is 6.18 Å². The van der Waals surface area contributed by atoms with Crippen LogP contribution in [0.4, 0.5) is 24.8 Å². The summed E-state index contributed by atoms with van der Waals surface area (Å²) in [6.07, 6.45) is -5.64. The van der Waals surface area contributed by atoms with Gasteiger partial charge in [0.15, 0.2) is 5.69 Å². The van der Waals surface area contributed by atoms with Crippen LogP contribution in [0.2, 0.25) is 0 Å². The molecular formula is C33H50F3N7O6. The summed E-state index contributed by atoms with van der Waals surface area (Å²) in [5, 5.41) is 24.6. The van der Waals surface area contributed by atoms with Crippen LogP contribution in [-0.2, 0) is 20.4 Å². The van der Waals surface area contributed by atoms with Crippen molar-refractivity contribution in [2.45, 2.75) is 43.4 Å². The first-order chi connectivity index (χ1) is 23.7. The first kappa shape index (κ1) is 37.4. The van der Waals surface area contributed by atoms with Gasteiger partial charge in [0.25, 0.3) is 0 Å². The minimum Gasteiger partial charge on any atom is -0.475 e. The number of aliphatic hydroxyl groups excluding tert-OH is 2. The Morgan fingerprint density at radius 2 is 1.51 bits per heavy atom. The molecule has 0 bridgehead atoms. The van der Waals surface area contributed by atoms with Crippen molar-refractivity contribution in [3.63, 3.8) is 0 Å². The molecule has 0 unspecified atom stereocenters. The smallest absolute Gasteiger partial charge is 0.433 e. The van der Waals surface area contributed by atoms with Crippen LogP contribution in [0.3, 0.4) is 0 Å². The fraction of sp³-hybridized carbons (Fsp3) is 0.697. The number of aliphatic hydroxyl groups is 2. The topological polar surface area (TPSA) is 151 Å². The molecular weight excluding hydrogens is 647 g/mol. The molecule has 5 N–H and O–H groups in total. The molecule has 4 atom stereocenters. The van der Waals surface area contributed by atoms with Crippen molar-refractivity contribution in [3.05, 3.63) is 42.1 Å². The number of nitrogens with zero attached hydrogens (tertiary/aromatic N) is 5. The molecule has 3 fully saturated rings. The zero-order valence-corrected chi connectivity index (χ0v) is 27.8. The highest BCUT2D eigenvalue weighted by atomic mass is 19.4. The molecule has 4 heterocycles. The average Bonchev–Trinajstić information content (AvgIpc) is 3.10. The van der Waals surface area contributed by atoms with E-state index in [2.05, 4.69) is 54.2 Å². The first-order valence-electron chi connectivity index (χ1n) is 17.1. The summed E-state index contributed by atoms with van der Waals surface area (Å²) in [5.41, 5.74) is 5.42. The van der Waals surface area contributed by atoms with Gasteiger partial charge in [0, 0.05) is 70.7 Å². The molecule has 13 nitrogen and oxygen atoms in total. The number of nitrogens with two attached hydrogens (primary N) is 1. The van der Waals surface area contributed by atoms with E-state index in [-0.39, 0.29) is 32.3 Å². The highest BCUT2D eigenvalue weighted by Crippen LogP contribution is 2.31. The number of aromatic nitrogens is 2. The molecule has 16 heteroatoms. The molecule has 2 aromatic rings. The van der Waals surface area contributed by atoms with E-state index in [9.17, 15) is 23.4 Å². The first-order valence-corrected chi connectivity index (χ1v) is 17.1. The van der Waals surface area contributed by atoms with Crippen molar-refractivity contribution in [1.82, 2.24) is 19.8 Å². The summed E-state index contributed by atoms with van der Waals surface area (Å²) in [6.45, 7) is 8.54. The molecule has 3 saturated heterocycles. The SMILES string of the molecule is NCCOCCOCCOc1cc(C(F)(F)F)nc(N[C@H]2CO[C@H](CN3CCN(CC4CCN(c5ccccc5)CC4)CC3)[C@H](O)[C@@H]2O)n1. The van der Waals surface area contributed by atoms with E-state index in [0.29, 0.717) is 38.3 Å². The molecule has 1 aromatic carbocycles. The van der Waals surface area contributed by atoms with Crippen LogP contribution >= 0.6 is 0 Å². The fourth-order valence-electron chi connectivity index (χ4n) is 6.44. The lowest BCUT2D eigenvalue weighted by molar-refractivity contribution is -0.148. The van der Waals surface area contributed by atoms with E-state index in [4.69, 9.17) is 24.7 Å². The van der Waals surface area contributed by atoms with Gasteiger partial charge in [-0.25, -0.2) is 4.98 Å². The van der Waals surface area contributed by atoms with Gasteiger partial charge in [-0.1, -0.05) is 18.2 Å². The van der Waals surface area contributed by atoms with Crippen molar-refractivity contribution in [2.24, 2.45) is 11.7 Å². The van der Waals surface area contributed by atoms with Crippen LogP contribution in [0.25, 0.3) is 0 Å². The Kier molecular flexibility index (Phi) is 14.1. The number of nitrogens with one attached hydrogen (secondary N) is 1. The standard InChI is InChI=1S/C33H50F3N7O6/c34-33(35,36)28-20-29(48-19-18-47-17-16-46-15-8-37)40-32(39-28)38-26-23-49-27(31(45)30(26)44)22-42-13-11-41(12-14-42)21-24-6-9-43(10-7-24)25-4-2-1-3-5-25/h1-5,20,24,26-27,30-31,44-45H,6-19,21-23,37H2,(H,38,39,40)/t26-,27+,30+,31-/m0/s1. The molecule has 274 valence electrons. The normalized spacial score (nSPS) is 24.7. The lowest BCUT2D eigenvalue weighted by Crippen LogP contribution is -2.59. The van der Waals surface area contributed by atoms with Crippen LogP contribution in [0.15, 0.2) is 36.4 Å². The van der Waals surface area contributed by atoms with E-state index < -0.39 is 42.2 Å². The maximum absolute atomic E-state index is 13.6. The van der Waals surface area contributed by atoms with Gasteiger partial charge in [-0.2, -0.15) is 18.2 Å². The Morgan fingerprint density at radius 1 is 0.857 bits per heavy atom. The Labute approximate surface area is 285 Å². The molecule has 0 aliphatic carbocycles. The molecule has 3 aliphatic rings. The van der Waals surface area contributed by atoms with Gasteiger partial charge in [0.1, 0.15) is 18.8 Å². The summed E-state index contributed by atoms with van der Waals surface area (Å²) >= 11 is 0. The van der Waals surface area contributed by atoms with Gasteiger partial charge in [-0.05, 0) is 30.9 Å². The van der Waals surface area contributed by atoms with Crippen molar-refractivity contribution in [3.8, 4) is 5.88 Å². The van der Waals surface area contributed by atoms with Crippen LogP contribution in [0.1, 0.15) is 18.5 Å². The molecule has 0 saturated carbocycles. The number of ether oxygens (including phenoxy) is 4. The van der Waals surface area contributed by atoms with E-state index in [0.717, 1.165) is 45.8 Å². The van der Waals surface area contributed by atoms with Crippen LogP contribution in [0.5, 0.6) is 5.88 Å². The summed E-state index contributed by atoms with van der Waals surface area (Å²) in [5.74, 6) is -0.0421. The highest BCUT2D eigenvalue weighted by molar-refractivity contribution is 5.46. The number of benzene rings is 1. The van der Waals surface area contributed by atoms with Crippen molar-refractivity contribution in [2.75, 3.05) is 109 Å². The molecule has 0 radical (unpaired) electrons. The third-order valence-corrected chi connectivity index (χ3v) is 9.21. The highest BCUT2D eigenvalue weighted by Gasteiger charge is 2.41. The molecule has 49 heavy (non-hydrogen) atoms. The van der Waals surface area contributed by atoms with Gasteiger partial charge < -0.3 is 50.0 Å². The summed E-state index contributed by atoms with van der Waals surface area (Å²) in [7, 11) is 0. The number of rotatable bonds is 16. The number of para-hydroxylation sites is 1. The predicted molar refractivity (Wildman–Crippen MR) is 177 cm³/mol. The Balaban J connectivity index is 1.04. The minimum atomic E-state index is -4.76. The lowest BCUT2D eigenvalue weighted by Gasteiger charge is -2.42. The van der Waals surface area contributed by atoms with Crippen molar-refractivity contribution in [1.29, 1.82) is 0 Å².